The number of rotatable bonds is 2. The van der Waals surface area contributed by atoms with Crippen LogP contribution in [-0.4, -0.2) is 16.0 Å². The fourth-order valence-corrected chi connectivity index (χ4v) is 1.55. The molecule has 0 unspecified atom stereocenters. The van der Waals surface area contributed by atoms with E-state index in [4.69, 9.17) is 0 Å². The second-order valence-corrected chi connectivity index (χ2v) is 3.63. The Balaban J connectivity index is 0.00000128. The molecule has 1 aliphatic carbocycles. The molecule has 1 aliphatic rings. The molecule has 0 radical (unpaired) electrons. The molecule has 2 rings (SSSR count). The monoisotopic (exact) mass is 274 g/mol. The van der Waals surface area contributed by atoms with Gasteiger partial charge in [-0.2, -0.15) is 0 Å². The quantitative estimate of drug-likeness (QED) is 0.372. The van der Waals surface area contributed by atoms with E-state index in [1.165, 1.54) is 0 Å². The Hall–Kier alpha value is -0.840. The van der Waals surface area contributed by atoms with Crippen molar-refractivity contribution in [3.05, 3.63) is 54.3 Å². The molecule has 0 saturated heterocycles. The number of nitrogens with two attached hydrogens (primary N) is 1. The van der Waals surface area contributed by atoms with Gasteiger partial charge in [0.05, 0.1) is 0 Å². The second kappa shape index (κ2) is 6.79. The minimum Gasteiger partial charge on any atom is -1.00 e. The van der Waals surface area contributed by atoms with Gasteiger partial charge < -0.3 is 35.0 Å². The largest absolute Gasteiger partial charge is 1.00 e. The van der Waals surface area contributed by atoms with Crippen molar-refractivity contribution < 1.29 is 40.3 Å². The smallest absolute Gasteiger partial charge is 0.244 e. The van der Waals surface area contributed by atoms with Crippen LogP contribution in [0.15, 0.2) is 54.3 Å². The Morgan fingerprint density at radius 3 is 2.29 bits per heavy atom. The molecule has 0 spiro atoms. The molecule has 4 N–H and O–H groups in total. The van der Waals surface area contributed by atoms with Gasteiger partial charge in [0.15, 0.2) is 5.70 Å². The molecule has 0 saturated carbocycles. The number of quaternary nitrogens is 1. The van der Waals surface area contributed by atoms with E-state index < -0.39 is 5.79 Å². The molecule has 94 valence electrons. The Morgan fingerprint density at radius 1 is 1.06 bits per heavy atom. The van der Waals surface area contributed by atoms with Gasteiger partial charge in [0.25, 0.3) is 0 Å². The van der Waals surface area contributed by atoms with Crippen LogP contribution in [-0.2, 0) is 0 Å². The summed E-state index contributed by atoms with van der Waals surface area (Å²) in [5.74, 6) is -1.73. The molecule has 5 heteroatoms. The highest BCUT2D eigenvalue weighted by Gasteiger charge is 2.32. The zero-order chi connectivity index (χ0) is 10.7. The van der Waals surface area contributed by atoms with E-state index in [2.05, 4.69) is 0 Å². The lowest BCUT2D eigenvalue weighted by Crippen LogP contribution is -3.00. The Labute approximate surface area is 113 Å². The number of halogens is 2. The van der Waals surface area contributed by atoms with Gasteiger partial charge in [-0.05, 0) is 12.1 Å². The molecule has 1 aromatic rings. The molecule has 0 heterocycles. The highest BCUT2D eigenvalue weighted by Crippen LogP contribution is 2.18. The van der Waals surface area contributed by atoms with Crippen LogP contribution in [0.25, 0.3) is 0 Å². The van der Waals surface area contributed by atoms with Crippen molar-refractivity contribution in [2.75, 3.05) is 0 Å². The maximum atomic E-state index is 9.70. The van der Waals surface area contributed by atoms with Gasteiger partial charge in [-0.3, -0.25) is 5.32 Å². The topological polar surface area (TPSA) is 57.1 Å². The maximum absolute atomic E-state index is 9.70. The molecule has 0 amide bonds. The molecule has 0 fully saturated rings. The number of aliphatic hydroxyl groups is 2. The van der Waals surface area contributed by atoms with Crippen molar-refractivity contribution in [3.8, 4) is 0 Å². The first-order chi connectivity index (χ1) is 7.18. The zero-order valence-corrected chi connectivity index (χ0v) is 10.6. The van der Waals surface area contributed by atoms with E-state index in [1.807, 2.05) is 36.4 Å². The van der Waals surface area contributed by atoms with Crippen LogP contribution in [0.5, 0.6) is 0 Å². The first kappa shape index (κ1) is 16.2. The fourth-order valence-electron chi connectivity index (χ4n) is 1.55. The van der Waals surface area contributed by atoms with Gasteiger partial charge in [0.2, 0.25) is 5.79 Å². The van der Waals surface area contributed by atoms with Crippen LogP contribution in [0.3, 0.4) is 0 Å². The van der Waals surface area contributed by atoms with Crippen molar-refractivity contribution in [2.45, 2.75) is 12.2 Å². The summed E-state index contributed by atoms with van der Waals surface area (Å²) in [5.41, 5.74) is 1.49. The highest BCUT2D eigenvalue weighted by atomic mass is 35.5. The Kier molecular flexibility index (Phi) is 6.45. The lowest BCUT2D eigenvalue weighted by atomic mass is 10.0. The average Bonchev–Trinajstić information content (AvgIpc) is 2.23. The van der Waals surface area contributed by atoms with Crippen LogP contribution in [0.1, 0.15) is 6.42 Å². The van der Waals surface area contributed by atoms with E-state index in [1.54, 1.807) is 17.5 Å². The lowest BCUT2D eigenvalue weighted by molar-refractivity contribution is -0.544. The minimum absolute atomic E-state index is 0. The van der Waals surface area contributed by atoms with Crippen molar-refractivity contribution in [2.24, 2.45) is 0 Å². The van der Waals surface area contributed by atoms with Gasteiger partial charge in [-0.25, -0.2) is 0 Å². The van der Waals surface area contributed by atoms with Crippen molar-refractivity contribution in [1.29, 1.82) is 0 Å². The van der Waals surface area contributed by atoms with Crippen molar-refractivity contribution in [1.82, 2.24) is 0 Å². The van der Waals surface area contributed by atoms with Gasteiger partial charge in [-0.1, -0.05) is 30.4 Å². The van der Waals surface area contributed by atoms with Gasteiger partial charge in [-0.15, -0.1) is 0 Å². The molecular weight excluding hydrogens is 261 g/mol. The van der Waals surface area contributed by atoms with E-state index in [-0.39, 0.29) is 31.2 Å². The molecule has 1 aromatic carbocycles. The highest BCUT2D eigenvalue weighted by molar-refractivity contribution is 5.30. The molecule has 0 atom stereocenters. The first-order valence-corrected chi connectivity index (χ1v) is 4.90. The molecule has 0 bridgehead atoms. The molecule has 17 heavy (non-hydrogen) atoms. The SMILES string of the molecule is OC1(O)CC=CC=C1[NH2+]c1ccccc1.[Cl-].[Cl-]. The fraction of sp³-hybridized carbons (Fsp3) is 0.167. The van der Waals surface area contributed by atoms with Crippen LogP contribution >= 0.6 is 0 Å². The second-order valence-electron chi connectivity index (χ2n) is 3.63. The average molecular weight is 275 g/mol. The number of benzene rings is 1. The predicted molar refractivity (Wildman–Crippen MR) is 57.0 cm³/mol. The van der Waals surface area contributed by atoms with Crippen LogP contribution in [0, 0.1) is 0 Å². The number of hydrogen-bond acceptors (Lipinski definition) is 2. The molecule has 0 aliphatic heterocycles. The third-order valence-electron chi connectivity index (χ3n) is 2.40. The summed E-state index contributed by atoms with van der Waals surface area (Å²) < 4.78 is 0. The van der Waals surface area contributed by atoms with Crippen molar-refractivity contribution in [3.63, 3.8) is 0 Å². The van der Waals surface area contributed by atoms with Crippen LogP contribution in [0.2, 0.25) is 0 Å². The van der Waals surface area contributed by atoms with Crippen LogP contribution in [0.4, 0.5) is 5.69 Å². The minimum atomic E-state index is -1.73. The molecule has 3 nitrogen and oxygen atoms in total. The lowest BCUT2D eigenvalue weighted by Gasteiger charge is -2.22. The molecule has 0 aromatic heterocycles. The summed E-state index contributed by atoms with van der Waals surface area (Å²) in [5, 5.41) is 21.2. The summed E-state index contributed by atoms with van der Waals surface area (Å²) >= 11 is 0. The Morgan fingerprint density at radius 2 is 1.71 bits per heavy atom. The third-order valence-corrected chi connectivity index (χ3v) is 2.40. The Bertz CT molecular complexity index is 402. The van der Waals surface area contributed by atoms with E-state index in [0.29, 0.717) is 5.70 Å². The predicted octanol–water partition coefficient (Wildman–Crippen LogP) is -5.59. The van der Waals surface area contributed by atoms with Crippen LogP contribution < -0.4 is 30.1 Å². The third kappa shape index (κ3) is 4.15. The maximum Gasteiger partial charge on any atom is 0.244 e. The zero-order valence-electron chi connectivity index (χ0n) is 9.05. The van der Waals surface area contributed by atoms with E-state index in [0.717, 1.165) is 5.69 Å². The normalized spacial score (nSPS) is 16.5. The van der Waals surface area contributed by atoms with Gasteiger partial charge in [0.1, 0.15) is 5.69 Å². The summed E-state index contributed by atoms with van der Waals surface area (Å²) in [6.45, 7) is 0. The summed E-state index contributed by atoms with van der Waals surface area (Å²) in [7, 11) is 0. The summed E-state index contributed by atoms with van der Waals surface area (Å²) in [4.78, 5) is 0. The van der Waals surface area contributed by atoms with Crippen molar-refractivity contribution >= 4 is 5.69 Å². The first-order valence-electron chi connectivity index (χ1n) is 4.90. The number of allylic oxidation sites excluding steroid dienone is 2. The van der Waals surface area contributed by atoms with Gasteiger partial charge in [0, 0.05) is 12.5 Å². The standard InChI is InChI=1S/C12H13NO2.2ClH/c14-12(15)9-5-4-8-11(12)13-10-6-2-1-3-7-10;;/h1-8,13-15H,9H2;2*1H/p-1. The summed E-state index contributed by atoms with van der Waals surface area (Å²) in [6.07, 6.45) is 5.53. The summed E-state index contributed by atoms with van der Waals surface area (Å²) in [6, 6.07) is 9.62. The number of para-hydroxylation sites is 1. The number of hydrogen-bond donors (Lipinski definition) is 3. The molecular formula is C12H14Cl2NO2-. The van der Waals surface area contributed by atoms with E-state index >= 15 is 0 Å². The van der Waals surface area contributed by atoms with Gasteiger partial charge >= 0.3 is 0 Å². The van der Waals surface area contributed by atoms with E-state index in [9.17, 15) is 10.2 Å².